The number of rotatable bonds is 6. The second kappa shape index (κ2) is 12.3. The maximum atomic E-state index is 16.0. The highest BCUT2D eigenvalue weighted by molar-refractivity contribution is 7.92. The van der Waals surface area contributed by atoms with E-state index >= 15 is 4.39 Å². The topological polar surface area (TPSA) is 114 Å². The molecule has 0 bridgehead atoms. The standard InChI is InChI=1S/C29H27ClF3N5O4S2/c1-29(2,3)42-28(39)38-14-11-16(12-15-38)26-36-23(24(43-26)21-10-13-34-27(30)35-21)17-6-4-9-20(22(17)33)37-44(40,41)25-18(31)7-5-8-19(25)32/h4-10,13,16,37H,11-12,14-15H2,1-3H3. The van der Waals surface area contributed by atoms with Gasteiger partial charge in [-0.25, -0.2) is 41.3 Å². The number of anilines is 1. The van der Waals surface area contributed by atoms with E-state index in [-0.39, 0.29) is 22.5 Å². The summed E-state index contributed by atoms with van der Waals surface area (Å²) in [4.78, 5) is 26.3. The van der Waals surface area contributed by atoms with Crippen molar-refractivity contribution < 1.29 is 31.1 Å². The van der Waals surface area contributed by atoms with Gasteiger partial charge in [0.05, 0.1) is 27.0 Å². The number of carbonyl (C=O) groups excluding carboxylic acids is 1. The summed E-state index contributed by atoms with van der Waals surface area (Å²) in [5.74, 6) is -3.72. The smallest absolute Gasteiger partial charge is 0.410 e. The lowest BCUT2D eigenvalue weighted by Gasteiger charge is -2.32. The lowest BCUT2D eigenvalue weighted by Crippen LogP contribution is -2.41. The van der Waals surface area contributed by atoms with Gasteiger partial charge in [-0.3, -0.25) is 4.72 Å². The van der Waals surface area contributed by atoms with Crippen molar-refractivity contribution in [3.8, 4) is 21.8 Å². The van der Waals surface area contributed by atoms with Gasteiger partial charge < -0.3 is 9.64 Å². The summed E-state index contributed by atoms with van der Waals surface area (Å²) in [6.45, 7) is 6.26. The first-order valence-corrected chi connectivity index (χ1v) is 16.1. The fourth-order valence-corrected chi connectivity index (χ4v) is 7.26. The van der Waals surface area contributed by atoms with Crippen LogP contribution in [-0.4, -0.2) is 53.1 Å². The molecule has 1 N–H and O–H groups in total. The molecule has 0 radical (unpaired) electrons. The highest BCUT2D eigenvalue weighted by Crippen LogP contribution is 2.43. The minimum absolute atomic E-state index is 0.0389. The Labute approximate surface area is 261 Å². The molecule has 1 saturated heterocycles. The molecule has 1 amide bonds. The summed E-state index contributed by atoms with van der Waals surface area (Å²) >= 11 is 7.33. The summed E-state index contributed by atoms with van der Waals surface area (Å²) in [7, 11) is -4.84. The number of piperidine rings is 1. The summed E-state index contributed by atoms with van der Waals surface area (Å²) in [5.41, 5.74) is -0.685. The molecule has 0 aliphatic carbocycles. The molecule has 0 unspecified atom stereocenters. The third-order valence-electron chi connectivity index (χ3n) is 6.68. The summed E-state index contributed by atoms with van der Waals surface area (Å²) in [6, 6.07) is 8.12. The van der Waals surface area contributed by atoms with Crippen LogP contribution in [-0.2, 0) is 14.8 Å². The van der Waals surface area contributed by atoms with E-state index in [2.05, 4.69) is 9.97 Å². The predicted molar refractivity (Wildman–Crippen MR) is 160 cm³/mol. The van der Waals surface area contributed by atoms with Gasteiger partial charge in [0.2, 0.25) is 5.28 Å². The number of benzene rings is 2. The average molecular weight is 666 g/mol. The molecule has 4 aromatic rings. The van der Waals surface area contributed by atoms with E-state index in [0.29, 0.717) is 41.5 Å². The van der Waals surface area contributed by atoms with Crippen molar-refractivity contribution in [2.75, 3.05) is 17.8 Å². The van der Waals surface area contributed by atoms with Crippen LogP contribution in [0.5, 0.6) is 0 Å². The van der Waals surface area contributed by atoms with E-state index in [0.717, 1.165) is 24.3 Å². The fourth-order valence-electron chi connectivity index (χ4n) is 4.69. The summed E-state index contributed by atoms with van der Waals surface area (Å²) in [6.07, 6.45) is 2.19. The number of ether oxygens (including phenoxy) is 1. The fraction of sp³-hybridized carbons (Fsp3) is 0.310. The van der Waals surface area contributed by atoms with Crippen molar-refractivity contribution in [2.45, 2.75) is 50.0 Å². The van der Waals surface area contributed by atoms with E-state index < -0.39 is 49.8 Å². The Morgan fingerprint density at radius 3 is 2.34 bits per heavy atom. The molecule has 0 spiro atoms. The Bertz CT molecular complexity index is 1800. The number of likely N-dealkylation sites (tertiary alicyclic amines) is 1. The monoisotopic (exact) mass is 665 g/mol. The molecular formula is C29H27ClF3N5O4S2. The number of halogens is 4. The van der Waals surface area contributed by atoms with Crippen LogP contribution in [0.4, 0.5) is 23.7 Å². The van der Waals surface area contributed by atoms with Crippen LogP contribution >= 0.6 is 22.9 Å². The van der Waals surface area contributed by atoms with E-state index in [1.54, 1.807) is 31.7 Å². The molecule has 1 fully saturated rings. The Hall–Kier alpha value is -3.75. The van der Waals surface area contributed by atoms with Gasteiger partial charge in [0, 0.05) is 30.8 Å². The lowest BCUT2D eigenvalue weighted by molar-refractivity contribution is 0.0204. The summed E-state index contributed by atoms with van der Waals surface area (Å²) in [5, 5.41) is 0.621. The first-order valence-electron chi connectivity index (χ1n) is 13.5. The first kappa shape index (κ1) is 31.7. The minimum Gasteiger partial charge on any atom is -0.444 e. The van der Waals surface area contributed by atoms with Crippen molar-refractivity contribution in [1.82, 2.24) is 19.9 Å². The number of nitrogens with zero attached hydrogens (tertiary/aromatic N) is 4. The molecular weight excluding hydrogens is 639 g/mol. The molecule has 15 heteroatoms. The Kier molecular flexibility index (Phi) is 8.87. The van der Waals surface area contributed by atoms with Gasteiger partial charge in [-0.05, 0) is 75.5 Å². The number of nitrogens with one attached hydrogen (secondary N) is 1. The molecule has 44 heavy (non-hydrogen) atoms. The van der Waals surface area contributed by atoms with Crippen LogP contribution in [0.15, 0.2) is 53.6 Å². The maximum Gasteiger partial charge on any atom is 0.410 e. The van der Waals surface area contributed by atoms with Crippen molar-refractivity contribution in [3.63, 3.8) is 0 Å². The van der Waals surface area contributed by atoms with Gasteiger partial charge in [0.1, 0.15) is 17.2 Å². The molecule has 2 aromatic carbocycles. The van der Waals surface area contributed by atoms with E-state index in [9.17, 15) is 22.0 Å². The highest BCUT2D eigenvalue weighted by atomic mass is 35.5. The Morgan fingerprint density at radius 2 is 1.70 bits per heavy atom. The molecule has 1 aliphatic rings. The van der Waals surface area contributed by atoms with Crippen LogP contribution in [0, 0.1) is 17.5 Å². The van der Waals surface area contributed by atoms with Crippen LogP contribution in [0.1, 0.15) is 44.5 Å². The second-order valence-corrected chi connectivity index (χ2v) is 14.0. The normalized spacial score (nSPS) is 14.5. The van der Waals surface area contributed by atoms with Gasteiger partial charge in [-0.15, -0.1) is 11.3 Å². The number of hydrogen-bond acceptors (Lipinski definition) is 8. The molecule has 232 valence electrons. The summed E-state index contributed by atoms with van der Waals surface area (Å²) < 4.78 is 77.8. The second-order valence-electron chi connectivity index (χ2n) is 11.0. The number of carbonyl (C=O) groups is 1. The number of amides is 1. The number of hydrogen-bond donors (Lipinski definition) is 1. The van der Waals surface area contributed by atoms with Crippen molar-refractivity contribution in [2.24, 2.45) is 0 Å². The zero-order valence-corrected chi connectivity index (χ0v) is 26.2. The maximum absolute atomic E-state index is 16.0. The Balaban J connectivity index is 1.50. The molecule has 2 aromatic heterocycles. The average Bonchev–Trinajstić information content (AvgIpc) is 3.38. The largest absolute Gasteiger partial charge is 0.444 e. The van der Waals surface area contributed by atoms with E-state index in [1.807, 2.05) is 4.72 Å². The van der Waals surface area contributed by atoms with Gasteiger partial charge in [0.15, 0.2) is 10.7 Å². The number of aromatic nitrogens is 3. The van der Waals surface area contributed by atoms with Gasteiger partial charge in [0.25, 0.3) is 10.0 Å². The first-order chi connectivity index (χ1) is 20.7. The van der Waals surface area contributed by atoms with Gasteiger partial charge in [-0.2, -0.15) is 0 Å². The van der Waals surface area contributed by atoms with Gasteiger partial charge >= 0.3 is 6.09 Å². The van der Waals surface area contributed by atoms with Gasteiger partial charge in [-0.1, -0.05) is 12.1 Å². The third kappa shape index (κ3) is 6.81. The van der Waals surface area contributed by atoms with Crippen molar-refractivity contribution in [1.29, 1.82) is 0 Å². The minimum atomic E-state index is -4.84. The van der Waals surface area contributed by atoms with Crippen molar-refractivity contribution >= 4 is 44.7 Å². The van der Waals surface area contributed by atoms with Crippen LogP contribution in [0.2, 0.25) is 5.28 Å². The lowest BCUT2D eigenvalue weighted by atomic mass is 9.97. The SMILES string of the molecule is CC(C)(C)OC(=O)N1CCC(c2nc(-c3cccc(NS(=O)(=O)c4c(F)cccc4F)c3F)c(-c3ccnc(Cl)n3)s2)CC1. The number of sulfonamides is 1. The molecule has 5 rings (SSSR count). The highest BCUT2D eigenvalue weighted by Gasteiger charge is 2.31. The van der Waals surface area contributed by atoms with Crippen LogP contribution in [0.3, 0.4) is 0 Å². The molecule has 9 nitrogen and oxygen atoms in total. The van der Waals surface area contributed by atoms with Crippen molar-refractivity contribution in [3.05, 3.63) is 76.4 Å². The zero-order chi connectivity index (χ0) is 31.8. The molecule has 1 aliphatic heterocycles. The van der Waals surface area contributed by atoms with E-state index in [4.69, 9.17) is 21.3 Å². The van der Waals surface area contributed by atoms with E-state index in [1.165, 1.54) is 29.7 Å². The Morgan fingerprint density at radius 1 is 1.05 bits per heavy atom. The number of thiazole rings is 1. The van der Waals surface area contributed by atoms with Crippen LogP contribution in [0.25, 0.3) is 21.8 Å². The third-order valence-corrected chi connectivity index (χ3v) is 9.52. The zero-order valence-electron chi connectivity index (χ0n) is 23.8. The molecule has 0 saturated carbocycles. The quantitative estimate of drug-likeness (QED) is 0.216. The molecule has 0 atom stereocenters. The molecule has 3 heterocycles. The van der Waals surface area contributed by atoms with Crippen LogP contribution < -0.4 is 4.72 Å². The predicted octanol–water partition coefficient (Wildman–Crippen LogP) is 7.25.